The van der Waals surface area contributed by atoms with E-state index in [0.717, 1.165) is 6.54 Å². The molecule has 0 spiro atoms. The predicted molar refractivity (Wildman–Crippen MR) is 76.8 cm³/mol. The molecule has 0 bridgehead atoms. The number of likely N-dealkylation sites (N-methyl/N-ethyl adjacent to an activating group) is 1. The van der Waals surface area contributed by atoms with Crippen LogP contribution in [0.15, 0.2) is 0 Å². The lowest BCUT2D eigenvalue weighted by molar-refractivity contribution is -0.00503. The smallest absolute Gasteiger partial charge is 0.0348 e. The second-order valence-corrected chi connectivity index (χ2v) is 6.39. The van der Waals surface area contributed by atoms with Gasteiger partial charge in [-0.05, 0) is 53.4 Å². The van der Waals surface area contributed by atoms with Crippen LogP contribution >= 0.6 is 0 Å². The molecule has 4 nitrogen and oxygen atoms in total. The number of hydrogen-bond donors (Lipinski definition) is 1. The molecule has 2 fully saturated rings. The first kappa shape index (κ1) is 14.3. The van der Waals surface area contributed by atoms with E-state index in [0.29, 0.717) is 6.04 Å². The third-order valence-corrected chi connectivity index (χ3v) is 4.96. The minimum absolute atomic E-state index is 0.255. The first-order valence-electron chi connectivity index (χ1n) is 7.41. The maximum Gasteiger partial charge on any atom is 0.0348 e. The number of piperazine rings is 1. The van der Waals surface area contributed by atoms with E-state index in [2.05, 4.69) is 35.7 Å². The van der Waals surface area contributed by atoms with Crippen molar-refractivity contribution in [3.63, 3.8) is 0 Å². The van der Waals surface area contributed by atoms with E-state index in [9.17, 15) is 0 Å². The summed E-state index contributed by atoms with van der Waals surface area (Å²) < 4.78 is 0. The largest absolute Gasteiger partial charge is 0.329 e. The van der Waals surface area contributed by atoms with Gasteiger partial charge in [0.05, 0.1) is 0 Å². The molecule has 0 aliphatic carbocycles. The molecular weight excluding hydrogens is 224 g/mol. The second kappa shape index (κ2) is 5.87. The molecule has 2 aliphatic heterocycles. The van der Waals surface area contributed by atoms with Gasteiger partial charge in [0.25, 0.3) is 0 Å². The van der Waals surface area contributed by atoms with Gasteiger partial charge in [0.1, 0.15) is 0 Å². The Morgan fingerprint density at radius 2 is 1.83 bits per heavy atom. The van der Waals surface area contributed by atoms with Crippen molar-refractivity contribution in [2.75, 3.05) is 53.4 Å². The van der Waals surface area contributed by atoms with Crippen LogP contribution in [0.1, 0.15) is 26.2 Å². The van der Waals surface area contributed by atoms with Crippen molar-refractivity contribution in [3.05, 3.63) is 0 Å². The van der Waals surface area contributed by atoms with Crippen LogP contribution in [0.25, 0.3) is 0 Å². The number of hydrogen-bond acceptors (Lipinski definition) is 4. The predicted octanol–water partition coefficient (Wildman–Crippen LogP) is 0.436. The highest BCUT2D eigenvalue weighted by Crippen LogP contribution is 2.31. The first-order valence-corrected chi connectivity index (χ1v) is 7.41. The molecule has 2 saturated heterocycles. The third-order valence-electron chi connectivity index (χ3n) is 4.96. The Hall–Kier alpha value is -0.160. The summed E-state index contributed by atoms with van der Waals surface area (Å²) in [4.78, 5) is 7.61. The van der Waals surface area contributed by atoms with E-state index in [-0.39, 0.29) is 5.54 Å². The van der Waals surface area contributed by atoms with Crippen LogP contribution in [0.5, 0.6) is 0 Å². The van der Waals surface area contributed by atoms with Crippen LogP contribution in [0.4, 0.5) is 0 Å². The second-order valence-electron chi connectivity index (χ2n) is 6.39. The third kappa shape index (κ3) is 2.87. The first-order chi connectivity index (χ1) is 8.57. The fraction of sp³-hybridized carbons (Fsp3) is 1.00. The minimum atomic E-state index is 0.255. The Kier molecular flexibility index (Phi) is 4.64. The van der Waals surface area contributed by atoms with Crippen LogP contribution in [-0.2, 0) is 0 Å². The van der Waals surface area contributed by atoms with Gasteiger partial charge < -0.3 is 15.5 Å². The Labute approximate surface area is 112 Å². The zero-order chi connectivity index (χ0) is 13.2. The van der Waals surface area contributed by atoms with Gasteiger partial charge in [-0.1, -0.05) is 0 Å². The van der Waals surface area contributed by atoms with Crippen molar-refractivity contribution in [2.24, 2.45) is 5.73 Å². The highest BCUT2D eigenvalue weighted by Gasteiger charge is 2.40. The zero-order valence-electron chi connectivity index (χ0n) is 12.4. The summed E-state index contributed by atoms with van der Waals surface area (Å²) in [5.41, 5.74) is 6.46. The molecule has 0 radical (unpaired) electrons. The number of nitrogens with zero attached hydrogens (tertiary/aromatic N) is 3. The Balaban J connectivity index is 2.10. The molecular formula is C14H30N4. The minimum Gasteiger partial charge on any atom is -0.329 e. The lowest BCUT2D eigenvalue weighted by atomic mass is 9.86. The molecule has 0 saturated carbocycles. The van der Waals surface area contributed by atoms with Gasteiger partial charge in [0.15, 0.2) is 0 Å². The monoisotopic (exact) mass is 254 g/mol. The standard InChI is InChI=1S/C14H30N4/c1-13-11-17(3)9-10-18(13)14(12-15)5-4-7-16(2)8-6-14/h13H,4-12,15H2,1-3H3. The van der Waals surface area contributed by atoms with Gasteiger partial charge in [-0.25, -0.2) is 0 Å². The number of nitrogens with two attached hydrogens (primary N) is 1. The summed E-state index contributed by atoms with van der Waals surface area (Å²) in [6.45, 7) is 9.13. The molecule has 2 aliphatic rings. The summed E-state index contributed by atoms with van der Waals surface area (Å²) in [7, 11) is 4.46. The van der Waals surface area contributed by atoms with E-state index < -0.39 is 0 Å². The fourth-order valence-corrected chi connectivity index (χ4v) is 3.77. The SMILES string of the molecule is CC1CN(C)CCN1C1(CN)CCCN(C)CC1. The zero-order valence-corrected chi connectivity index (χ0v) is 12.4. The molecule has 2 heterocycles. The molecule has 2 N–H and O–H groups in total. The summed E-state index contributed by atoms with van der Waals surface area (Å²) >= 11 is 0. The molecule has 4 heteroatoms. The summed E-state index contributed by atoms with van der Waals surface area (Å²) in [5.74, 6) is 0. The maximum absolute atomic E-state index is 6.21. The van der Waals surface area contributed by atoms with E-state index in [1.807, 2.05) is 0 Å². The lowest BCUT2D eigenvalue weighted by Gasteiger charge is -2.50. The number of rotatable bonds is 2. The van der Waals surface area contributed by atoms with E-state index in [1.165, 1.54) is 52.0 Å². The van der Waals surface area contributed by atoms with Gasteiger partial charge >= 0.3 is 0 Å². The van der Waals surface area contributed by atoms with Crippen molar-refractivity contribution in [1.29, 1.82) is 0 Å². The quantitative estimate of drug-likeness (QED) is 0.775. The molecule has 0 aromatic heterocycles. The fourth-order valence-electron chi connectivity index (χ4n) is 3.77. The van der Waals surface area contributed by atoms with Crippen molar-refractivity contribution in [2.45, 2.75) is 37.8 Å². The maximum atomic E-state index is 6.21. The van der Waals surface area contributed by atoms with Gasteiger partial charge in [-0.3, -0.25) is 4.90 Å². The topological polar surface area (TPSA) is 35.7 Å². The highest BCUT2D eigenvalue weighted by atomic mass is 15.3. The molecule has 2 atom stereocenters. The van der Waals surface area contributed by atoms with Crippen molar-refractivity contribution < 1.29 is 0 Å². The Bertz CT molecular complexity index is 271. The Morgan fingerprint density at radius 1 is 1.06 bits per heavy atom. The normalized spacial score (nSPS) is 37.7. The summed E-state index contributed by atoms with van der Waals surface area (Å²) in [6.07, 6.45) is 3.78. The van der Waals surface area contributed by atoms with Crippen LogP contribution in [0, 0.1) is 0 Å². The van der Waals surface area contributed by atoms with Crippen LogP contribution in [0.2, 0.25) is 0 Å². The van der Waals surface area contributed by atoms with E-state index in [4.69, 9.17) is 5.73 Å². The Morgan fingerprint density at radius 3 is 2.50 bits per heavy atom. The summed E-state index contributed by atoms with van der Waals surface area (Å²) in [5, 5.41) is 0. The molecule has 0 aromatic carbocycles. The van der Waals surface area contributed by atoms with Gasteiger partial charge in [0.2, 0.25) is 0 Å². The van der Waals surface area contributed by atoms with E-state index >= 15 is 0 Å². The van der Waals surface area contributed by atoms with Crippen LogP contribution in [0.3, 0.4) is 0 Å². The molecule has 2 rings (SSSR count). The van der Waals surface area contributed by atoms with Crippen molar-refractivity contribution in [3.8, 4) is 0 Å². The van der Waals surface area contributed by atoms with Crippen LogP contribution < -0.4 is 5.73 Å². The van der Waals surface area contributed by atoms with Crippen molar-refractivity contribution in [1.82, 2.24) is 14.7 Å². The summed E-state index contributed by atoms with van der Waals surface area (Å²) in [6, 6.07) is 0.635. The molecule has 0 amide bonds. The molecule has 106 valence electrons. The molecule has 18 heavy (non-hydrogen) atoms. The average Bonchev–Trinajstić information content (AvgIpc) is 2.52. The average molecular weight is 254 g/mol. The van der Waals surface area contributed by atoms with Gasteiger partial charge in [0, 0.05) is 37.8 Å². The van der Waals surface area contributed by atoms with Crippen molar-refractivity contribution >= 4 is 0 Å². The van der Waals surface area contributed by atoms with Gasteiger partial charge in [-0.15, -0.1) is 0 Å². The van der Waals surface area contributed by atoms with Gasteiger partial charge in [-0.2, -0.15) is 0 Å². The van der Waals surface area contributed by atoms with E-state index in [1.54, 1.807) is 0 Å². The molecule has 2 unspecified atom stereocenters. The van der Waals surface area contributed by atoms with Crippen LogP contribution in [-0.4, -0.2) is 79.6 Å². The highest BCUT2D eigenvalue weighted by molar-refractivity contribution is 4.98. The lowest BCUT2D eigenvalue weighted by Crippen LogP contribution is -2.63. The molecule has 0 aromatic rings. The number of likely N-dealkylation sites (tertiary alicyclic amines) is 1.